The van der Waals surface area contributed by atoms with Gasteiger partial charge in [0.25, 0.3) is 0 Å². The van der Waals surface area contributed by atoms with Gasteiger partial charge in [0.05, 0.1) is 9.26 Å². The predicted molar refractivity (Wildman–Crippen MR) is 86.3 cm³/mol. The van der Waals surface area contributed by atoms with Crippen molar-refractivity contribution >= 4 is 28.4 Å². The van der Waals surface area contributed by atoms with Crippen LogP contribution in [-0.4, -0.2) is 17.0 Å². The Labute approximate surface area is 127 Å². The highest BCUT2D eigenvalue weighted by Crippen LogP contribution is 2.47. The molecule has 2 aromatic rings. The molecule has 1 aromatic heterocycles. The summed E-state index contributed by atoms with van der Waals surface area (Å²) in [6.45, 7) is 2.24. The molecule has 1 saturated carbocycles. The van der Waals surface area contributed by atoms with Gasteiger partial charge in [-0.1, -0.05) is 37.3 Å². The Bertz CT molecular complexity index is 606. The Morgan fingerprint density at radius 1 is 1.16 bits per heavy atom. The molecule has 4 heteroatoms. The summed E-state index contributed by atoms with van der Waals surface area (Å²) in [5.41, 5.74) is 2.36. The molecule has 1 aliphatic rings. The average Bonchev–Trinajstić information content (AvgIpc) is 3.19. The minimum absolute atomic E-state index is 0.180. The largest absolute Gasteiger partial charge is 0.372 e. The van der Waals surface area contributed by atoms with E-state index < -0.39 is 0 Å². The van der Waals surface area contributed by atoms with E-state index in [9.17, 15) is 0 Å². The molecule has 0 bridgehead atoms. The van der Waals surface area contributed by atoms with Gasteiger partial charge in [0.2, 0.25) is 0 Å². The van der Waals surface area contributed by atoms with Crippen LogP contribution in [0.5, 0.6) is 0 Å². The Balaban J connectivity index is 2.18. The van der Waals surface area contributed by atoms with Crippen LogP contribution in [0.4, 0.5) is 5.82 Å². The van der Waals surface area contributed by atoms with E-state index in [0.717, 1.165) is 26.5 Å². The molecule has 98 valence electrons. The van der Waals surface area contributed by atoms with Crippen LogP contribution < -0.4 is 5.32 Å². The summed E-state index contributed by atoms with van der Waals surface area (Å²) in [6.07, 6.45) is 2.37. The Morgan fingerprint density at radius 3 is 2.42 bits per heavy atom. The number of anilines is 1. The van der Waals surface area contributed by atoms with Crippen molar-refractivity contribution in [2.24, 2.45) is 0 Å². The van der Waals surface area contributed by atoms with E-state index in [1.54, 1.807) is 0 Å². The number of benzene rings is 1. The molecule has 1 aromatic carbocycles. The molecular weight excluding hydrogens is 349 g/mol. The Hall–Kier alpha value is -1.17. The number of halogens is 1. The maximum absolute atomic E-state index is 4.83. The van der Waals surface area contributed by atoms with E-state index in [0.29, 0.717) is 0 Å². The summed E-state index contributed by atoms with van der Waals surface area (Å²) < 4.78 is 1.08. The first-order valence-electron chi connectivity index (χ1n) is 6.45. The number of nitrogens with one attached hydrogen (secondary N) is 1. The molecule has 3 nitrogen and oxygen atoms in total. The van der Waals surface area contributed by atoms with Crippen LogP contribution in [0.25, 0.3) is 11.3 Å². The lowest BCUT2D eigenvalue weighted by Crippen LogP contribution is -2.11. The summed E-state index contributed by atoms with van der Waals surface area (Å²) in [7, 11) is 1.91. The normalized spacial score (nSPS) is 16.2. The molecule has 0 unspecified atom stereocenters. The van der Waals surface area contributed by atoms with Crippen molar-refractivity contribution in [3.05, 3.63) is 39.7 Å². The van der Waals surface area contributed by atoms with Crippen molar-refractivity contribution < 1.29 is 0 Å². The summed E-state index contributed by atoms with van der Waals surface area (Å²) in [5, 5.41) is 3.19. The fourth-order valence-electron chi connectivity index (χ4n) is 2.08. The molecular formula is C15H16IN3. The third-order valence-corrected chi connectivity index (χ3v) is 4.70. The monoisotopic (exact) mass is 365 g/mol. The fraction of sp³-hybridized carbons (Fsp3) is 0.333. The number of nitrogens with zero attached hydrogens (tertiary/aromatic N) is 2. The van der Waals surface area contributed by atoms with Crippen LogP contribution in [0.1, 0.15) is 25.6 Å². The zero-order chi connectivity index (χ0) is 13.5. The van der Waals surface area contributed by atoms with Gasteiger partial charge in [-0.2, -0.15) is 0 Å². The Kier molecular flexibility index (Phi) is 3.20. The van der Waals surface area contributed by atoms with E-state index in [-0.39, 0.29) is 5.41 Å². The molecule has 1 aliphatic carbocycles. The maximum Gasteiger partial charge on any atom is 0.143 e. The van der Waals surface area contributed by atoms with Gasteiger partial charge in [0, 0.05) is 18.0 Å². The first-order valence-corrected chi connectivity index (χ1v) is 7.53. The third-order valence-electron chi connectivity index (χ3n) is 3.68. The van der Waals surface area contributed by atoms with Gasteiger partial charge < -0.3 is 5.32 Å². The fourth-order valence-corrected chi connectivity index (χ4v) is 2.90. The lowest BCUT2D eigenvalue weighted by molar-refractivity contribution is 0.710. The maximum atomic E-state index is 4.83. The highest BCUT2D eigenvalue weighted by molar-refractivity contribution is 14.1. The van der Waals surface area contributed by atoms with Crippen molar-refractivity contribution in [1.82, 2.24) is 9.97 Å². The molecule has 0 saturated heterocycles. The number of hydrogen-bond acceptors (Lipinski definition) is 3. The van der Waals surface area contributed by atoms with E-state index in [4.69, 9.17) is 4.98 Å². The first kappa shape index (κ1) is 12.8. The average molecular weight is 365 g/mol. The van der Waals surface area contributed by atoms with E-state index in [2.05, 4.69) is 51.9 Å². The number of hydrogen-bond donors (Lipinski definition) is 1. The van der Waals surface area contributed by atoms with Crippen LogP contribution in [-0.2, 0) is 5.41 Å². The zero-order valence-corrected chi connectivity index (χ0v) is 13.2. The van der Waals surface area contributed by atoms with Crippen molar-refractivity contribution in [2.75, 3.05) is 12.4 Å². The second-order valence-electron chi connectivity index (χ2n) is 5.24. The standard InChI is InChI=1S/C15H16IN3/c1-15(8-9-15)14-18-12(10-6-4-3-5-7-10)11(16)13(17-2)19-14/h3-7H,8-9H2,1-2H3,(H,17,18,19). The molecule has 0 radical (unpaired) electrons. The van der Waals surface area contributed by atoms with Crippen LogP contribution in [0, 0.1) is 3.57 Å². The molecule has 0 atom stereocenters. The van der Waals surface area contributed by atoms with Gasteiger partial charge in [-0.25, -0.2) is 9.97 Å². The predicted octanol–water partition coefficient (Wildman–Crippen LogP) is 3.84. The summed E-state index contributed by atoms with van der Waals surface area (Å²) in [4.78, 5) is 9.51. The highest BCUT2D eigenvalue weighted by Gasteiger charge is 2.42. The van der Waals surface area contributed by atoms with Gasteiger partial charge in [0.1, 0.15) is 11.6 Å². The second kappa shape index (κ2) is 4.74. The van der Waals surface area contributed by atoms with E-state index >= 15 is 0 Å². The van der Waals surface area contributed by atoms with Crippen molar-refractivity contribution in [1.29, 1.82) is 0 Å². The van der Waals surface area contributed by atoms with E-state index in [1.807, 2.05) is 25.2 Å². The van der Waals surface area contributed by atoms with Gasteiger partial charge in [-0.05, 0) is 35.4 Å². The van der Waals surface area contributed by atoms with E-state index in [1.165, 1.54) is 12.8 Å². The summed E-state index contributed by atoms with van der Waals surface area (Å²) in [6, 6.07) is 10.3. The minimum atomic E-state index is 0.180. The minimum Gasteiger partial charge on any atom is -0.372 e. The molecule has 1 fully saturated rings. The highest BCUT2D eigenvalue weighted by atomic mass is 127. The zero-order valence-electron chi connectivity index (χ0n) is 11.1. The van der Waals surface area contributed by atoms with Gasteiger partial charge >= 0.3 is 0 Å². The summed E-state index contributed by atoms with van der Waals surface area (Å²) in [5.74, 6) is 1.90. The summed E-state index contributed by atoms with van der Waals surface area (Å²) >= 11 is 2.32. The third kappa shape index (κ3) is 2.33. The smallest absolute Gasteiger partial charge is 0.143 e. The lowest BCUT2D eigenvalue weighted by Gasteiger charge is -2.14. The first-order chi connectivity index (χ1) is 9.14. The van der Waals surface area contributed by atoms with Gasteiger partial charge in [0.15, 0.2) is 0 Å². The SMILES string of the molecule is CNc1nc(C2(C)CC2)nc(-c2ccccc2)c1I. The van der Waals surface area contributed by atoms with Gasteiger partial charge in [-0.15, -0.1) is 0 Å². The molecule has 3 rings (SSSR count). The Morgan fingerprint density at radius 2 is 1.84 bits per heavy atom. The van der Waals surface area contributed by atoms with Crippen LogP contribution >= 0.6 is 22.6 Å². The van der Waals surface area contributed by atoms with Crippen LogP contribution in [0.2, 0.25) is 0 Å². The number of aromatic nitrogens is 2. The quantitative estimate of drug-likeness (QED) is 0.840. The molecule has 0 amide bonds. The van der Waals surface area contributed by atoms with Gasteiger partial charge in [-0.3, -0.25) is 0 Å². The molecule has 0 spiro atoms. The van der Waals surface area contributed by atoms with Crippen LogP contribution in [0.15, 0.2) is 30.3 Å². The molecule has 1 heterocycles. The molecule has 19 heavy (non-hydrogen) atoms. The van der Waals surface area contributed by atoms with Crippen LogP contribution in [0.3, 0.4) is 0 Å². The second-order valence-corrected chi connectivity index (χ2v) is 6.31. The topological polar surface area (TPSA) is 37.8 Å². The molecule has 0 aliphatic heterocycles. The van der Waals surface area contributed by atoms with Crippen molar-refractivity contribution in [2.45, 2.75) is 25.2 Å². The number of rotatable bonds is 3. The van der Waals surface area contributed by atoms with Crippen molar-refractivity contribution in [3.8, 4) is 11.3 Å². The molecule has 1 N–H and O–H groups in total. The van der Waals surface area contributed by atoms with Crippen molar-refractivity contribution in [3.63, 3.8) is 0 Å². The lowest BCUT2D eigenvalue weighted by atomic mass is 10.1.